The van der Waals surface area contributed by atoms with Gasteiger partial charge in [0, 0.05) is 24.4 Å². The number of nitro benzene ring substituents is 1. The van der Waals surface area contributed by atoms with Crippen LogP contribution < -0.4 is 5.32 Å². The van der Waals surface area contributed by atoms with Crippen molar-refractivity contribution < 1.29 is 9.72 Å². The number of carbonyl (C=O) groups is 1. The van der Waals surface area contributed by atoms with Crippen LogP contribution in [0.1, 0.15) is 35.9 Å². The van der Waals surface area contributed by atoms with Crippen LogP contribution in [0.15, 0.2) is 30.5 Å². The van der Waals surface area contributed by atoms with Crippen LogP contribution in [-0.4, -0.2) is 20.6 Å². The Kier molecular flexibility index (Phi) is 4.77. The molecule has 7 nitrogen and oxygen atoms in total. The number of halogens is 1. The predicted molar refractivity (Wildman–Crippen MR) is 81.9 cm³/mol. The molecule has 0 radical (unpaired) electrons. The number of carbonyl (C=O) groups excluding carboxylic acids is 1. The molecule has 0 bridgehead atoms. The third-order valence-electron chi connectivity index (χ3n) is 3.18. The Morgan fingerprint density at radius 3 is 2.82 bits per heavy atom. The lowest BCUT2D eigenvalue weighted by atomic mass is 10.1. The Hall–Kier alpha value is -2.41. The van der Waals surface area contributed by atoms with Crippen molar-refractivity contribution in [3.8, 4) is 0 Å². The van der Waals surface area contributed by atoms with Gasteiger partial charge in [-0.1, -0.05) is 11.6 Å². The molecule has 1 heterocycles. The summed E-state index contributed by atoms with van der Waals surface area (Å²) in [7, 11) is 0. The van der Waals surface area contributed by atoms with E-state index in [4.69, 9.17) is 11.6 Å². The first-order valence-corrected chi connectivity index (χ1v) is 7.08. The van der Waals surface area contributed by atoms with Gasteiger partial charge >= 0.3 is 0 Å². The summed E-state index contributed by atoms with van der Waals surface area (Å²) >= 11 is 5.73. The van der Waals surface area contributed by atoms with E-state index in [0.717, 1.165) is 18.3 Å². The minimum atomic E-state index is -0.620. The second kappa shape index (κ2) is 6.57. The van der Waals surface area contributed by atoms with Crippen LogP contribution in [0, 0.1) is 10.1 Å². The number of aryl methyl sites for hydroxylation is 1. The molecular weight excluding hydrogens is 308 g/mol. The Labute approximate surface area is 132 Å². The monoisotopic (exact) mass is 322 g/mol. The smallest absolute Gasteiger partial charge is 0.288 e. The van der Waals surface area contributed by atoms with Crippen LogP contribution in [0.25, 0.3) is 0 Å². The topological polar surface area (TPSA) is 90.1 Å². The molecule has 22 heavy (non-hydrogen) atoms. The maximum Gasteiger partial charge on any atom is 0.288 e. The van der Waals surface area contributed by atoms with Crippen molar-refractivity contribution in [1.29, 1.82) is 0 Å². The average molecular weight is 323 g/mol. The molecule has 0 aliphatic carbocycles. The van der Waals surface area contributed by atoms with Crippen LogP contribution in [0.5, 0.6) is 0 Å². The van der Waals surface area contributed by atoms with Gasteiger partial charge in [-0.3, -0.25) is 19.6 Å². The molecule has 1 aromatic carbocycles. The van der Waals surface area contributed by atoms with E-state index in [-0.39, 0.29) is 22.3 Å². The third kappa shape index (κ3) is 3.43. The lowest BCUT2D eigenvalue weighted by Gasteiger charge is -2.11. The Bertz CT molecular complexity index is 714. The van der Waals surface area contributed by atoms with Crippen molar-refractivity contribution in [2.24, 2.45) is 0 Å². The first-order valence-electron chi connectivity index (χ1n) is 6.70. The standard InChI is InChI=1S/C14H15ClN4O3/c1-3-18-7-6-12(17-18)9(2)16-14(20)10-4-5-11(15)13(8-10)19(21)22/h4-9H,3H2,1-2H3,(H,16,20). The number of benzene rings is 1. The molecule has 1 unspecified atom stereocenters. The van der Waals surface area contributed by atoms with E-state index in [0.29, 0.717) is 0 Å². The highest BCUT2D eigenvalue weighted by Crippen LogP contribution is 2.25. The lowest BCUT2D eigenvalue weighted by molar-refractivity contribution is -0.384. The number of hydrogen-bond donors (Lipinski definition) is 1. The van der Waals surface area contributed by atoms with Crippen LogP contribution in [0.4, 0.5) is 5.69 Å². The van der Waals surface area contributed by atoms with E-state index >= 15 is 0 Å². The minimum absolute atomic E-state index is 0.00344. The van der Waals surface area contributed by atoms with Crippen molar-refractivity contribution in [1.82, 2.24) is 15.1 Å². The van der Waals surface area contributed by atoms with Crippen molar-refractivity contribution in [2.45, 2.75) is 26.4 Å². The normalized spacial score (nSPS) is 12.0. The van der Waals surface area contributed by atoms with Gasteiger partial charge in [0.25, 0.3) is 11.6 Å². The summed E-state index contributed by atoms with van der Waals surface area (Å²) < 4.78 is 1.76. The Morgan fingerprint density at radius 1 is 1.50 bits per heavy atom. The highest BCUT2D eigenvalue weighted by Gasteiger charge is 2.18. The Morgan fingerprint density at radius 2 is 2.23 bits per heavy atom. The van der Waals surface area contributed by atoms with Crippen molar-refractivity contribution >= 4 is 23.2 Å². The first-order chi connectivity index (χ1) is 10.4. The minimum Gasteiger partial charge on any atom is -0.344 e. The quantitative estimate of drug-likeness (QED) is 0.677. The number of nitro groups is 1. The van der Waals surface area contributed by atoms with Gasteiger partial charge in [-0.05, 0) is 32.0 Å². The number of nitrogens with one attached hydrogen (secondary N) is 1. The van der Waals surface area contributed by atoms with Crippen LogP contribution in [0.2, 0.25) is 5.02 Å². The zero-order valence-corrected chi connectivity index (χ0v) is 12.9. The summed E-state index contributed by atoms with van der Waals surface area (Å²) in [4.78, 5) is 22.4. The molecule has 1 aromatic heterocycles. The number of rotatable bonds is 5. The highest BCUT2D eigenvalue weighted by molar-refractivity contribution is 6.32. The molecular formula is C14H15ClN4O3. The summed E-state index contributed by atoms with van der Waals surface area (Å²) in [5, 5.41) is 17.9. The van der Waals surface area contributed by atoms with Gasteiger partial charge in [-0.25, -0.2) is 0 Å². The predicted octanol–water partition coefficient (Wildman–Crippen LogP) is 2.96. The van der Waals surface area contributed by atoms with E-state index in [2.05, 4.69) is 10.4 Å². The zero-order valence-electron chi connectivity index (χ0n) is 12.1. The maximum atomic E-state index is 12.2. The molecule has 0 aliphatic rings. The van der Waals surface area contributed by atoms with Gasteiger partial charge in [0.1, 0.15) is 5.02 Å². The van der Waals surface area contributed by atoms with Crippen LogP contribution >= 0.6 is 11.6 Å². The molecule has 8 heteroatoms. The molecule has 0 aliphatic heterocycles. The van der Waals surface area contributed by atoms with Gasteiger partial charge in [0.2, 0.25) is 0 Å². The molecule has 116 valence electrons. The molecule has 1 atom stereocenters. The molecule has 2 rings (SSSR count). The lowest BCUT2D eigenvalue weighted by Crippen LogP contribution is -2.27. The summed E-state index contributed by atoms with van der Waals surface area (Å²) in [6, 6.07) is 5.45. The van der Waals surface area contributed by atoms with Crippen molar-refractivity contribution in [2.75, 3.05) is 0 Å². The number of nitrogens with zero attached hydrogens (tertiary/aromatic N) is 3. The van der Waals surface area contributed by atoms with Gasteiger partial charge in [-0.2, -0.15) is 5.10 Å². The third-order valence-corrected chi connectivity index (χ3v) is 3.50. The highest BCUT2D eigenvalue weighted by atomic mass is 35.5. The fourth-order valence-electron chi connectivity index (χ4n) is 1.93. The van der Waals surface area contributed by atoms with Crippen LogP contribution in [-0.2, 0) is 6.54 Å². The van der Waals surface area contributed by atoms with E-state index in [1.807, 2.05) is 19.2 Å². The van der Waals surface area contributed by atoms with E-state index in [1.54, 1.807) is 11.6 Å². The number of amides is 1. The summed E-state index contributed by atoms with van der Waals surface area (Å²) in [6.45, 7) is 4.50. The van der Waals surface area contributed by atoms with E-state index < -0.39 is 10.8 Å². The maximum absolute atomic E-state index is 12.2. The first kappa shape index (κ1) is 16.0. The molecule has 0 saturated heterocycles. The summed E-state index contributed by atoms with van der Waals surface area (Å²) in [5.74, 6) is -0.418. The zero-order chi connectivity index (χ0) is 16.3. The Balaban J connectivity index is 2.15. The van der Waals surface area contributed by atoms with Crippen molar-refractivity contribution in [3.05, 3.63) is 56.9 Å². The van der Waals surface area contributed by atoms with Crippen LogP contribution in [0.3, 0.4) is 0 Å². The molecule has 2 aromatic rings. The van der Waals surface area contributed by atoms with Crippen molar-refractivity contribution in [3.63, 3.8) is 0 Å². The fourth-order valence-corrected chi connectivity index (χ4v) is 2.12. The molecule has 0 spiro atoms. The molecule has 1 amide bonds. The SMILES string of the molecule is CCn1ccc(C(C)NC(=O)c2ccc(Cl)c([N+](=O)[O-])c2)n1. The molecule has 1 N–H and O–H groups in total. The largest absolute Gasteiger partial charge is 0.344 e. The van der Waals surface area contributed by atoms with E-state index in [9.17, 15) is 14.9 Å². The van der Waals surface area contributed by atoms with E-state index in [1.165, 1.54) is 12.1 Å². The second-order valence-corrected chi connectivity index (χ2v) is 5.12. The second-order valence-electron chi connectivity index (χ2n) is 4.71. The molecule has 0 saturated carbocycles. The molecule has 0 fully saturated rings. The number of hydrogen-bond acceptors (Lipinski definition) is 4. The summed E-state index contributed by atoms with van der Waals surface area (Å²) in [5.41, 5.74) is 0.605. The van der Waals surface area contributed by atoms with Gasteiger partial charge < -0.3 is 5.32 Å². The number of aromatic nitrogens is 2. The van der Waals surface area contributed by atoms with Gasteiger partial charge in [0.15, 0.2) is 0 Å². The van der Waals surface area contributed by atoms with Gasteiger partial charge in [-0.15, -0.1) is 0 Å². The fraction of sp³-hybridized carbons (Fsp3) is 0.286. The van der Waals surface area contributed by atoms with Gasteiger partial charge in [0.05, 0.1) is 16.7 Å². The summed E-state index contributed by atoms with van der Waals surface area (Å²) in [6.07, 6.45) is 1.82. The average Bonchev–Trinajstić information content (AvgIpc) is 2.96.